The highest BCUT2D eigenvalue weighted by Gasteiger charge is 2.22. The quantitative estimate of drug-likeness (QED) is 0.794. The van der Waals surface area contributed by atoms with Crippen LogP contribution in [0.3, 0.4) is 0 Å². The first kappa shape index (κ1) is 13.3. The zero-order valence-electron chi connectivity index (χ0n) is 10.9. The van der Waals surface area contributed by atoms with Crippen LogP contribution in [0.4, 0.5) is 0 Å². The van der Waals surface area contributed by atoms with Crippen LogP contribution in [-0.2, 0) is 24.2 Å². The van der Waals surface area contributed by atoms with Crippen LogP contribution >= 0.6 is 22.9 Å². The summed E-state index contributed by atoms with van der Waals surface area (Å²) in [6.07, 6.45) is 3.64. The lowest BCUT2D eigenvalue weighted by Crippen LogP contribution is -2.48. The Kier molecular flexibility index (Phi) is 4.05. The first-order valence-corrected chi connectivity index (χ1v) is 8.15. The number of amides is 1. The van der Waals surface area contributed by atoms with Crippen molar-refractivity contribution in [3.05, 3.63) is 15.6 Å². The molecule has 2 aliphatic rings. The SMILES string of the molecule is O=C(CCl)N1CCN(Cc2nc3c(s2)CCC3)CC1. The maximum absolute atomic E-state index is 11.5. The van der Waals surface area contributed by atoms with Crippen LogP contribution in [0.15, 0.2) is 0 Å². The molecule has 1 aromatic rings. The molecule has 0 unspecified atom stereocenters. The fourth-order valence-electron chi connectivity index (χ4n) is 2.74. The molecule has 0 aromatic carbocycles. The average molecular weight is 300 g/mol. The Morgan fingerprint density at radius 3 is 2.74 bits per heavy atom. The van der Waals surface area contributed by atoms with E-state index in [1.165, 1.54) is 28.4 Å². The molecule has 6 heteroatoms. The number of thiazole rings is 1. The molecule has 2 heterocycles. The number of halogens is 1. The summed E-state index contributed by atoms with van der Waals surface area (Å²) in [7, 11) is 0. The summed E-state index contributed by atoms with van der Waals surface area (Å²) in [4.78, 5) is 21.9. The van der Waals surface area contributed by atoms with E-state index in [1.807, 2.05) is 16.2 Å². The molecule has 1 saturated heterocycles. The molecular formula is C13H18ClN3OS. The number of aromatic nitrogens is 1. The lowest BCUT2D eigenvalue weighted by Gasteiger charge is -2.33. The van der Waals surface area contributed by atoms with E-state index >= 15 is 0 Å². The number of carbonyl (C=O) groups is 1. The van der Waals surface area contributed by atoms with E-state index < -0.39 is 0 Å². The smallest absolute Gasteiger partial charge is 0.237 e. The second-order valence-corrected chi connectivity index (χ2v) is 6.56. The molecule has 0 N–H and O–H groups in total. The number of fused-ring (bicyclic) bond motifs is 1. The van der Waals surface area contributed by atoms with Crippen LogP contribution in [0.2, 0.25) is 0 Å². The van der Waals surface area contributed by atoms with Gasteiger partial charge in [0.2, 0.25) is 5.91 Å². The van der Waals surface area contributed by atoms with Crippen molar-refractivity contribution in [2.75, 3.05) is 32.1 Å². The number of hydrogen-bond acceptors (Lipinski definition) is 4. The van der Waals surface area contributed by atoms with Gasteiger partial charge < -0.3 is 4.90 Å². The minimum absolute atomic E-state index is 0.0505. The molecule has 1 aliphatic carbocycles. The molecule has 3 rings (SSSR count). The number of alkyl halides is 1. The van der Waals surface area contributed by atoms with Crippen molar-refractivity contribution in [1.82, 2.24) is 14.8 Å². The van der Waals surface area contributed by atoms with Gasteiger partial charge in [0.1, 0.15) is 10.9 Å². The Morgan fingerprint density at radius 1 is 1.26 bits per heavy atom. The fourth-order valence-corrected chi connectivity index (χ4v) is 4.11. The van der Waals surface area contributed by atoms with Crippen molar-refractivity contribution in [2.24, 2.45) is 0 Å². The van der Waals surface area contributed by atoms with Gasteiger partial charge in [-0.1, -0.05) is 0 Å². The second-order valence-electron chi connectivity index (χ2n) is 5.12. The zero-order valence-corrected chi connectivity index (χ0v) is 12.5. The monoisotopic (exact) mass is 299 g/mol. The van der Waals surface area contributed by atoms with Crippen molar-refractivity contribution in [1.29, 1.82) is 0 Å². The highest BCUT2D eigenvalue weighted by molar-refractivity contribution is 7.11. The van der Waals surface area contributed by atoms with E-state index in [1.54, 1.807) is 0 Å². The molecule has 0 atom stereocenters. The zero-order chi connectivity index (χ0) is 13.2. The van der Waals surface area contributed by atoms with Crippen molar-refractivity contribution >= 4 is 28.8 Å². The van der Waals surface area contributed by atoms with Crippen LogP contribution < -0.4 is 0 Å². The summed E-state index contributed by atoms with van der Waals surface area (Å²) < 4.78 is 0. The van der Waals surface area contributed by atoms with E-state index in [-0.39, 0.29) is 11.8 Å². The number of piperazine rings is 1. The summed E-state index contributed by atoms with van der Waals surface area (Å²) in [5.74, 6) is 0.147. The molecule has 0 bridgehead atoms. The standard InChI is InChI=1S/C13H18ClN3OS/c14-8-13(18)17-6-4-16(5-7-17)9-12-15-10-2-1-3-11(10)19-12/h1-9H2. The molecule has 0 saturated carbocycles. The summed E-state index contributed by atoms with van der Waals surface area (Å²) in [6, 6.07) is 0. The van der Waals surface area contributed by atoms with Crippen LogP contribution in [-0.4, -0.2) is 52.8 Å². The predicted molar refractivity (Wildman–Crippen MR) is 76.7 cm³/mol. The molecule has 1 aromatic heterocycles. The van der Waals surface area contributed by atoms with Crippen LogP contribution in [0.1, 0.15) is 22.0 Å². The van der Waals surface area contributed by atoms with Crippen LogP contribution in [0, 0.1) is 0 Å². The molecule has 1 amide bonds. The van der Waals surface area contributed by atoms with Gasteiger partial charge >= 0.3 is 0 Å². The maximum Gasteiger partial charge on any atom is 0.237 e. The number of carbonyl (C=O) groups excluding carboxylic acids is 1. The minimum atomic E-state index is 0.0505. The predicted octanol–water partition coefficient (Wildman–Crippen LogP) is 1.51. The number of hydrogen-bond donors (Lipinski definition) is 0. The normalized spacial score (nSPS) is 19.7. The molecule has 4 nitrogen and oxygen atoms in total. The highest BCUT2D eigenvalue weighted by Crippen LogP contribution is 2.28. The Hall–Kier alpha value is -0.650. The first-order valence-electron chi connectivity index (χ1n) is 6.80. The third kappa shape index (κ3) is 2.93. The van der Waals surface area contributed by atoms with Gasteiger partial charge in [0.15, 0.2) is 0 Å². The van der Waals surface area contributed by atoms with E-state index in [9.17, 15) is 4.79 Å². The topological polar surface area (TPSA) is 36.4 Å². The van der Waals surface area contributed by atoms with Crippen LogP contribution in [0.25, 0.3) is 0 Å². The summed E-state index contributed by atoms with van der Waals surface area (Å²) >= 11 is 7.45. The molecule has 104 valence electrons. The van der Waals surface area contributed by atoms with Gasteiger partial charge in [0.05, 0.1) is 12.2 Å². The third-order valence-electron chi connectivity index (χ3n) is 3.84. The van der Waals surface area contributed by atoms with E-state index in [0.29, 0.717) is 0 Å². The second kappa shape index (κ2) is 5.77. The summed E-state index contributed by atoms with van der Waals surface area (Å²) in [6.45, 7) is 4.35. The lowest BCUT2D eigenvalue weighted by molar-refractivity contribution is -0.130. The maximum atomic E-state index is 11.5. The van der Waals surface area contributed by atoms with E-state index in [2.05, 4.69) is 4.90 Å². The molecule has 0 radical (unpaired) electrons. The largest absolute Gasteiger partial charge is 0.339 e. The van der Waals surface area contributed by atoms with Gasteiger partial charge in [-0.25, -0.2) is 4.98 Å². The summed E-state index contributed by atoms with van der Waals surface area (Å²) in [5, 5.41) is 1.24. The number of nitrogens with zero attached hydrogens (tertiary/aromatic N) is 3. The highest BCUT2D eigenvalue weighted by atomic mass is 35.5. The van der Waals surface area contributed by atoms with Crippen LogP contribution in [0.5, 0.6) is 0 Å². The summed E-state index contributed by atoms with van der Waals surface area (Å²) in [5.41, 5.74) is 1.33. The molecule has 1 fully saturated rings. The average Bonchev–Trinajstić information content (AvgIpc) is 2.99. The van der Waals surface area contributed by atoms with Gasteiger partial charge in [0, 0.05) is 31.1 Å². The van der Waals surface area contributed by atoms with Crippen molar-refractivity contribution in [2.45, 2.75) is 25.8 Å². The van der Waals surface area contributed by atoms with Crippen molar-refractivity contribution in [3.8, 4) is 0 Å². The van der Waals surface area contributed by atoms with Gasteiger partial charge in [0.25, 0.3) is 0 Å². The Bertz CT molecular complexity index is 447. The van der Waals surface area contributed by atoms with Gasteiger partial charge in [-0.05, 0) is 19.3 Å². The molecular weight excluding hydrogens is 282 g/mol. The Labute approximate surface area is 122 Å². The number of rotatable bonds is 3. The molecule has 1 aliphatic heterocycles. The molecule has 19 heavy (non-hydrogen) atoms. The lowest BCUT2D eigenvalue weighted by atomic mass is 10.3. The first-order chi connectivity index (χ1) is 9.26. The fraction of sp³-hybridized carbons (Fsp3) is 0.692. The number of aryl methyl sites for hydroxylation is 2. The Balaban J connectivity index is 1.53. The third-order valence-corrected chi connectivity index (χ3v) is 5.21. The molecule has 0 spiro atoms. The van der Waals surface area contributed by atoms with Gasteiger partial charge in [-0.15, -0.1) is 22.9 Å². The van der Waals surface area contributed by atoms with E-state index in [0.717, 1.165) is 39.1 Å². The van der Waals surface area contributed by atoms with Crippen molar-refractivity contribution in [3.63, 3.8) is 0 Å². The van der Waals surface area contributed by atoms with E-state index in [4.69, 9.17) is 16.6 Å². The van der Waals surface area contributed by atoms with Gasteiger partial charge in [-0.2, -0.15) is 0 Å². The minimum Gasteiger partial charge on any atom is -0.339 e. The van der Waals surface area contributed by atoms with Crippen molar-refractivity contribution < 1.29 is 4.79 Å². The Morgan fingerprint density at radius 2 is 2.05 bits per heavy atom. The van der Waals surface area contributed by atoms with Gasteiger partial charge in [-0.3, -0.25) is 9.69 Å².